The Hall–Kier alpha value is -6.60. The SMILES string of the molecule is O=C(CCOCCOCCNC(=O)CCN1C(=O)C=CC1=O)NCCCCC(NC(=O)CCOCCOCCNC(=O)CCN1C(=O)C=CC1=O)C(=O)CCCOCCOCCOCCOCCC(=O)Oc1c(F)c(F)cc(F)c1F. The van der Waals surface area contributed by atoms with Crippen molar-refractivity contribution in [3.63, 3.8) is 0 Å². The van der Waals surface area contributed by atoms with Gasteiger partial charge in [0.15, 0.2) is 17.4 Å². The van der Waals surface area contributed by atoms with E-state index in [2.05, 4.69) is 26.0 Å². The van der Waals surface area contributed by atoms with Crippen LogP contribution in [0.3, 0.4) is 0 Å². The summed E-state index contributed by atoms with van der Waals surface area (Å²) < 4.78 is 102. The molecule has 1 aromatic carbocycles. The lowest BCUT2D eigenvalue weighted by molar-refractivity contribution is -0.139. The third-order valence-electron chi connectivity index (χ3n) is 11.3. The van der Waals surface area contributed by atoms with Crippen LogP contribution in [0.4, 0.5) is 17.6 Å². The maximum Gasteiger partial charge on any atom is 0.313 e. The number of ether oxygens (including phenoxy) is 9. The number of amides is 8. The standard InChI is InChI=1S/C52H72F4N6O19/c53-37-36-38(54)51(56)52(50(37)55)81-49(72)14-23-76-29-33-80-35-34-79-32-26-73-20-3-5-40(63)39(60-44(67)13-22-75-28-31-78-25-17-59-42(65)11-19-62-47(70)8-9-48(62)71)4-1-2-15-57-43(66)12-21-74-27-30-77-24-16-58-41(64)10-18-61-45(68)6-7-46(61)69/h6-9,36,39H,1-5,10-35H2,(H,57,66)(H,58,64)(H,59,65)(H,60,67). The van der Waals surface area contributed by atoms with E-state index in [1.54, 1.807) is 0 Å². The Balaban J connectivity index is 1.23. The Labute approximate surface area is 465 Å². The number of carbonyl (C=O) groups is 10. The van der Waals surface area contributed by atoms with Gasteiger partial charge in [0.1, 0.15) is 0 Å². The van der Waals surface area contributed by atoms with Gasteiger partial charge in [-0.15, -0.1) is 0 Å². The van der Waals surface area contributed by atoms with Gasteiger partial charge >= 0.3 is 5.97 Å². The molecule has 452 valence electrons. The zero-order valence-electron chi connectivity index (χ0n) is 45.0. The minimum atomic E-state index is -1.84. The van der Waals surface area contributed by atoms with Crippen LogP contribution in [-0.2, 0) is 85.8 Å². The van der Waals surface area contributed by atoms with Gasteiger partial charge in [-0.2, -0.15) is 8.78 Å². The highest BCUT2D eigenvalue weighted by Crippen LogP contribution is 2.26. The first-order chi connectivity index (χ1) is 39.1. The quantitative estimate of drug-likeness (QED) is 0.0172. The molecule has 2 aliphatic heterocycles. The van der Waals surface area contributed by atoms with Gasteiger partial charge in [0, 0.05) is 102 Å². The lowest BCUT2D eigenvalue weighted by Crippen LogP contribution is -2.41. The first-order valence-corrected chi connectivity index (χ1v) is 26.4. The molecule has 0 aromatic heterocycles. The highest BCUT2D eigenvalue weighted by Gasteiger charge is 2.26. The number of halogens is 4. The number of carbonyl (C=O) groups excluding carboxylic acids is 10. The van der Waals surface area contributed by atoms with Crippen molar-refractivity contribution in [3.8, 4) is 5.75 Å². The number of benzene rings is 1. The number of ketones is 1. The third kappa shape index (κ3) is 30.2. The van der Waals surface area contributed by atoms with Crippen LogP contribution in [0.15, 0.2) is 30.4 Å². The minimum Gasteiger partial charge on any atom is -0.420 e. The van der Waals surface area contributed by atoms with Crippen molar-refractivity contribution in [1.82, 2.24) is 31.1 Å². The number of imide groups is 2. The van der Waals surface area contributed by atoms with E-state index in [1.807, 2.05) is 0 Å². The maximum absolute atomic E-state index is 13.7. The highest BCUT2D eigenvalue weighted by molar-refractivity contribution is 6.13. The number of hydrogen-bond acceptors (Lipinski definition) is 19. The molecule has 25 nitrogen and oxygen atoms in total. The van der Waals surface area contributed by atoms with E-state index in [0.29, 0.717) is 32.2 Å². The van der Waals surface area contributed by atoms with Crippen LogP contribution in [0.25, 0.3) is 0 Å². The Bertz CT molecular complexity index is 2220. The fourth-order valence-corrected chi connectivity index (χ4v) is 7.02. The van der Waals surface area contributed by atoms with Crippen LogP contribution >= 0.6 is 0 Å². The Morgan fingerprint density at radius 2 is 0.802 bits per heavy atom. The molecule has 2 heterocycles. The summed E-state index contributed by atoms with van der Waals surface area (Å²) in [4.78, 5) is 123. The van der Waals surface area contributed by atoms with Crippen LogP contribution in [0.1, 0.15) is 64.2 Å². The van der Waals surface area contributed by atoms with Crippen molar-refractivity contribution in [2.45, 2.75) is 70.3 Å². The minimum absolute atomic E-state index is 0.00905. The molecule has 0 spiro atoms. The molecule has 2 aliphatic rings. The zero-order valence-corrected chi connectivity index (χ0v) is 45.0. The number of esters is 1. The largest absolute Gasteiger partial charge is 0.420 e. The number of nitrogens with zero attached hydrogens (tertiary/aromatic N) is 2. The number of Topliss-reactive ketones (excluding diaryl/α,β-unsaturated/α-hetero) is 1. The lowest BCUT2D eigenvalue weighted by atomic mass is 10.0. The number of unbranched alkanes of at least 4 members (excludes halogenated alkanes) is 1. The van der Waals surface area contributed by atoms with Gasteiger partial charge in [-0.3, -0.25) is 57.7 Å². The van der Waals surface area contributed by atoms with Gasteiger partial charge < -0.3 is 63.9 Å². The first kappa shape index (κ1) is 68.7. The summed E-state index contributed by atoms with van der Waals surface area (Å²) in [7, 11) is 0. The number of rotatable bonds is 48. The molecule has 0 saturated carbocycles. The van der Waals surface area contributed by atoms with Gasteiger partial charge in [-0.05, 0) is 25.7 Å². The van der Waals surface area contributed by atoms with Gasteiger partial charge in [-0.1, -0.05) is 0 Å². The molecule has 0 saturated heterocycles. The monoisotopic (exact) mass is 1160 g/mol. The van der Waals surface area contributed by atoms with E-state index in [1.165, 1.54) is 0 Å². The van der Waals surface area contributed by atoms with E-state index >= 15 is 0 Å². The summed E-state index contributed by atoms with van der Waals surface area (Å²) in [5.74, 6) is -13.1. The molecule has 3 rings (SSSR count). The second-order valence-electron chi connectivity index (χ2n) is 17.5. The highest BCUT2D eigenvalue weighted by atomic mass is 19.2. The van der Waals surface area contributed by atoms with Gasteiger partial charge in [0.2, 0.25) is 41.0 Å². The molecule has 0 radical (unpaired) electrons. The summed E-state index contributed by atoms with van der Waals surface area (Å²) in [6.07, 6.45) is 5.93. The topological polar surface area (TPSA) is 308 Å². The molecular weight excluding hydrogens is 1090 g/mol. The van der Waals surface area contributed by atoms with Gasteiger partial charge in [0.25, 0.3) is 23.6 Å². The molecule has 0 aliphatic carbocycles. The summed E-state index contributed by atoms with van der Waals surface area (Å²) >= 11 is 0. The smallest absolute Gasteiger partial charge is 0.313 e. The molecule has 1 atom stereocenters. The first-order valence-electron chi connectivity index (χ1n) is 26.4. The fraction of sp³-hybridized carbons (Fsp3) is 0.615. The molecule has 1 aromatic rings. The van der Waals surface area contributed by atoms with Crippen LogP contribution in [0.2, 0.25) is 0 Å². The van der Waals surface area contributed by atoms with E-state index in [4.69, 9.17) is 37.9 Å². The zero-order chi connectivity index (χ0) is 59.0. The van der Waals surface area contributed by atoms with Crippen molar-refractivity contribution in [3.05, 3.63) is 53.6 Å². The molecule has 29 heteroatoms. The van der Waals surface area contributed by atoms with Crippen LogP contribution in [0, 0.1) is 23.3 Å². The fourth-order valence-electron chi connectivity index (χ4n) is 7.02. The Morgan fingerprint density at radius 3 is 1.27 bits per heavy atom. The predicted molar refractivity (Wildman–Crippen MR) is 272 cm³/mol. The number of hydrogen-bond donors (Lipinski definition) is 4. The molecule has 81 heavy (non-hydrogen) atoms. The Kier molecular flexibility index (Phi) is 35.1. The van der Waals surface area contributed by atoms with Crippen molar-refractivity contribution >= 4 is 59.0 Å². The van der Waals surface area contributed by atoms with E-state index in [9.17, 15) is 65.5 Å². The number of nitrogens with one attached hydrogen (secondary N) is 4. The molecule has 8 amide bonds. The summed E-state index contributed by atoms with van der Waals surface area (Å²) in [6, 6.07) is -0.811. The summed E-state index contributed by atoms with van der Waals surface area (Å²) in [6.45, 7) is 3.10. The van der Waals surface area contributed by atoms with Crippen LogP contribution in [-0.4, -0.2) is 213 Å². The molecule has 0 bridgehead atoms. The van der Waals surface area contributed by atoms with Crippen LogP contribution in [0.5, 0.6) is 5.75 Å². The second kappa shape index (κ2) is 41.4. The third-order valence-corrected chi connectivity index (χ3v) is 11.3. The molecule has 4 N–H and O–H groups in total. The van der Waals surface area contributed by atoms with E-state index in [0.717, 1.165) is 34.1 Å². The van der Waals surface area contributed by atoms with E-state index in [-0.39, 0.29) is 194 Å². The summed E-state index contributed by atoms with van der Waals surface area (Å²) in [5.41, 5.74) is 0. The van der Waals surface area contributed by atoms with E-state index < -0.39 is 77.0 Å². The van der Waals surface area contributed by atoms with Crippen molar-refractivity contribution < 1.29 is 108 Å². The summed E-state index contributed by atoms with van der Waals surface area (Å²) in [5, 5.41) is 10.9. The molecule has 1 unspecified atom stereocenters. The van der Waals surface area contributed by atoms with Gasteiger partial charge in [0.05, 0.1) is 112 Å². The average molecular weight is 1160 g/mol. The molecule has 0 fully saturated rings. The van der Waals surface area contributed by atoms with Crippen molar-refractivity contribution in [1.29, 1.82) is 0 Å². The van der Waals surface area contributed by atoms with Gasteiger partial charge in [-0.25, -0.2) is 8.78 Å². The Morgan fingerprint density at radius 1 is 0.420 bits per heavy atom. The molecular formula is C52H72F4N6O19. The van der Waals surface area contributed by atoms with Crippen LogP contribution < -0.4 is 26.0 Å². The van der Waals surface area contributed by atoms with Crippen molar-refractivity contribution in [2.75, 3.05) is 138 Å². The lowest BCUT2D eigenvalue weighted by Gasteiger charge is -2.18. The van der Waals surface area contributed by atoms with Crippen molar-refractivity contribution in [2.24, 2.45) is 0 Å². The predicted octanol–water partition coefficient (Wildman–Crippen LogP) is 0.435. The second-order valence-corrected chi connectivity index (χ2v) is 17.5. The maximum atomic E-state index is 13.7. The average Bonchev–Trinajstić information content (AvgIpc) is 3.96. The normalized spacial score (nSPS) is 13.3.